The van der Waals surface area contributed by atoms with Crippen LogP contribution in [0.5, 0.6) is 0 Å². The highest BCUT2D eigenvalue weighted by molar-refractivity contribution is 5.95. The lowest BCUT2D eigenvalue weighted by atomic mass is 9.96. The average molecular weight is 307 g/mol. The Labute approximate surface area is 118 Å². The van der Waals surface area contributed by atoms with Gasteiger partial charge < -0.3 is 10.6 Å². The predicted molar refractivity (Wildman–Crippen MR) is 68.4 cm³/mol. The lowest BCUT2D eigenvalue weighted by Crippen LogP contribution is -2.42. The van der Waals surface area contributed by atoms with Crippen molar-refractivity contribution in [2.45, 2.75) is 19.0 Å². The number of nitrogens with two attached hydrogens (primary N) is 1. The molecule has 116 valence electrons. The minimum Gasteiger partial charge on any atom is -0.384 e. The molecule has 21 heavy (non-hydrogen) atoms. The zero-order chi connectivity index (χ0) is 15.8. The first-order chi connectivity index (χ1) is 9.70. The van der Waals surface area contributed by atoms with E-state index in [9.17, 15) is 22.0 Å². The van der Waals surface area contributed by atoms with Gasteiger partial charge in [0, 0.05) is 18.7 Å². The van der Waals surface area contributed by atoms with E-state index in [2.05, 4.69) is 0 Å². The maximum atomic E-state index is 14.0. The molecule has 0 aliphatic carbocycles. The number of halogens is 5. The second-order valence-electron chi connectivity index (χ2n) is 5.03. The lowest BCUT2D eigenvalue weighted by Gasteiger charge is -2.35. The van der Waals surface area contributed by atoms with Crippen LogP contribution in [0.25, 0.3) is 0 Å². The van der Waals surface area contributed by atoms with Gasteiger partial charge in [0.25, 0.3) is 0 Å². The normalized spacial score (nSPS) is 19.7. The van der Waals surface area contributed by atoms with Crippen LogP contribution in [-0.4, -0.2) is 25.1 Å². The van der Waals surface area contributed by atoms with E-state index in [1.807, 2.05) is 0 Å². The largest absolute Gasteiger partial charge is 0.393 e. The first-order valence-corrected chi connectivity index (χ1v) is 6.35. The van der Waals surface area contributed by atoms with Crippen molar-refractivity contribution >= 4 is 11.5 Å². The maximum absolute atomic E-state index is 14.0. The summed E-state index contributed by atoms with van der Waals surface area (Å²) in [6, 6.07) is 1.72. The van der Waals surface area contributed by atoms with Crippen LogP contribution < -0.4 is 10.6 Å². The van der Waals surface area contributed by atoms with E-state index in [4.69, 9.17) is 11.1 Å². The van der Waals surface area contributed by atoms with Crippen LogP contribution in [-0.2, 0) is 0 Å². The molecule has 1 unspecified atom stereocenters. The van der Waals surface area contributed by atoms with Crippen molar-refractivity contribution in [1.82, 2.24) is 0 Å². The van der Waals surface area contributed by atoms with Gasteiger partial charge in [-0.25, -0.2) is 8.78 Å². The number of alkyl halides is 3. The van der Waals surface area contributed by atoms with Gasteiger partial charge in [0.05, 0.1) is 5.92 Å². The van der Waals surface area contributed by atoms with Gasteiger partial charge in [0.2, 0.25) is 0 Å². The predicted octanol–water partition coefficient (Wildman–Crippen LogP) is 3.03. The first kappa shape index (κ1) is 15.5. The van der Waals surface area contributed by atoms with Crippen molar-refractivity contribution in [3.63, 3.8) is 0 Å². The Morgan fingerprint density at radius 2 is 1.81 bits per heavy atom. The topological polar surface area (TPSA) is 53.1 Å². The van der Waals surface area contributed by atoms with Gasteiger partial charge in [-0.2, -0.15) is 13.2 Å². The number of rotatable bonds is 2. The Hall–Kier alpha value is -1.86. The van der Waals surface area contributed by atoms with Gasteiger partial charge in [0.1, 0.15) is 23.2 Å². The zero-order valence-electron chi connectivity index (χ0n) is 11.0. The number of nitrogens with one attached hydrogen (secondary N) is 1. The zero-order valence-corrected chi connectivity index (χ0v) is 11.0. The van der Waals surface area contributed by atoms with Crippen molar-refractivity contribution < 1.29 is 22.0 Å². The fourth-order valence-corrected chi connectivity index (χ4v) is 2.47. The minimum atomic E-state index is -4.38. The van der Waals surface area contributed by atoms with Crippen molar-refractivity contribution in [3.05, 3.63) is 29.3 Å². The second kappa shape index (κ2) is 5.50. The van der Waals surface area contributed by atoms with E-state index in [0.717, 1.165) is 17.0 Å². The molecule has 2 rings (SSSR count). The van der Waals surface area contributed by atoms with Crippen LogP contribution in [0.1, 0.15) is 18.4 Å². The summed E-state index contributed by atoms with van der Waals surface area (Å²) in [5.74, 6) is -4.13. The van der Waals surface area contributed by atoms with E-state index < -0.39 is 41.8 Å². The van der Waals surface area contributed by atoms with Gasteiger partial charge in [-0.3, -0.25) is 5.41 Å². The van der Waals surface area contributed by atoms with E-state index in [1.165, 1.54) is 0 Å². The van der Waals surface area contributed by atoms with E-state index in [-0.39, 0.29) is 24.9 Å². The first-order valence-electron chi connectivity index (χ1n) is 6.35. The van der Waals surface area contributed by atoms with Gasteiger partial charge in [-0.15, -0.1) is 0 Å². The molecule has 3 nitrogen and oxygen atoms in total. The Morgan fingerprint density at radius 1 is 1.24 bits per heavy atom. The monoisotopic (exact) mass is 307 g/mol. The van der Waals surface area contributed by atoms with Crippen LogP contribution in [0.15, 0.2) is 12.1 Å². The fraction of sp³-hybridized carbons (Fsp3) is 0.462. The molecule has 1 aromatic rings. The van der Waals surface area contributed by atoms with Crippen molar-refractivity contribution in [2.24, 2.45) is 11.7 Å². The molecule has 0 saturated carbocycles. The number of amidine groups is 1. The Kier molecular flexibility index (Phi) is 4.06. The molecule has 1 saturated heterocycles. The summed E-state index contributed by atoms with van der Waals surface area (Å²) in [4.78, 5) is 1.07. The van der Waals surface area contributed by atoms with Crippen LogP contribution >= 0.6 is 0 Å². The minimum absolute atomic E-state index is 0.0469. The third-order valence-corrected chi connectivity index (χ3v) is 3.53. The highest BCUT2D eigenvalue weighted by Gasteiger charge is 2.42. The van der Waals surface area contributed by atoms with Crippen molar-refractivity contribution in [2.75, 3.05) is 18.0 Å². The van der Waals surface area contributed by atoms with E-state index in [0.29, 0.717) is 0 Å². The summed E-state index contributed by atoms with van der Waals surface area (Å²) < 4.78 is 66.2. The number of nitrogens with zero attached hydrogens (tertiary/aromatic N) is 1. The molecule has 1 fully saturated rings. The Morgan fingerprint density at radius 3 is 2.29 bits per heavy atom. The molecule has 0 spiro atoms. The summed E-state index contributed by atoms with van der Waals surface area (Å²) in [7, 11) is 0. The molecule has 0 radical (unpaired) electrons. The molecule has 1 aliphatic heterocycles. The number of piperidine rings is 1. The van der Waals surface area contributed by atoms with Crippen LogP contribution in [0.3, 0.4) is 0 Å². The molecule has 1 aliphatic rings. The van der Waals surface area contributed by atoms with E-state index >= 15 is 0 Å². The summed E-state index contributed by atoms with van der Waals surface area (Å²) in [6.07, 6.45) is -4.22. The Bertz CT molecular complexity index is 532. The smallest absolute Gasteiger partial charge is 0.384 e. The highest BCUT2D eigenvalue weighted by atomic mass is 19.4. The lowest BCUT2D eigenvalue weighted by molar-refractivity contribution is -0.176. The summed E-state index contributed by atoms with van der Waals surface area (Å²) in [5.41, 5.74) is 4.51. The van der Waals surface area contributed by atoms with Crippen LogP contribution in [0, 0.1) is 23.0 Å². The van der Waals surface area contributed by atoms with E-state index in [1.54, 1.807) is 0 Å². The van der Waals surface area contributed by atoms with Gasteiger partial charge in [-0.1, -0.05) is 0 Å². The third-order valence-electron chi connectivity index (χ3n) is 3.53. The van der Waals surface area contributed by atoms with Crippen molar-refractivity contribution in [1.29, 1.82) is 5.41 Å². The number of anilines is 1. The second-order valence-corrected chi connectivity index (χ2v) is 5.03. The molecule has 8 heteroatoms. The number of hydrogen-bond donors (Lipinski definition) is 2. The summed E-state index contributed by atoms with van der Waals surface area (Å²) in [6.45, 7) is -0.323. The number of hydrogen-bond acceptors (Lipinski definition) is 2. The molecule has 1 aromatic carbocycles. The number of benzene rings is 1. The fourth-order valence-electron chi connectivity index (χ4n) is 2.47. The number of nitrogen functional groups attached to an aromatic ring is 1. The summed E-state index contributed by atoms with van der Waals surface area (Å²) in [5, 5.41) is 7.14. The molecule has 3 N–H and O–H groups in total. The molecule has 0 aromatic heterocycles. The molecular formula is C13H14F5N3. The SMILES string of the molecule is N=C(N)c1cc(F)c(N2CCCC(C(F)(F)F)C2)c(F)c1. The van der Waals surface area contributed by atoms with Crippen molar-refractivity contribution in [3.8, 4) is 0 Å². The third kappa shape index (κ3) is 3.25. The molecule has 1 heterocycles. The molecular weight excluding hydrogens is 293 g/mol. The molecule has 0 bridgehead atoms. The molecule has 1 atom stereocenters. The summed E-state index contributed by atoms with van der Waals surface area (Å²) >= 11 is 0. The Balaban J connectivity index is 2.31. The van der Waals surface area contributed by atoms with Gasteiger partial charge >= 0.3 is 6.18 Å². The highest BCUT2D eigenvalue weighted by Crippen LogP contribution is 2.36. The average Bonchev–Trinajstić information content (AvgIpc) is 2.37. The van der Waals surface area contributed by atoms with Gasteiger partial charge in [0.15, 0.2) is 0 Å². The van der Waals surface area contributed by atoms with Gasteiger partial charge in [-0.05, 0) is 25.0 Å². The quantitative estimate of drug-likeness (QED) is 0.501. The molecule has 0 amide bonds. The standard InChI is InChI=1S/C13H14F5N3/c14-9-4-7(12(19)20)5-10(15)11(9)21-3-1-2-8(6-21)13(16,17)18/h4-5,8H,1-3,6H2,(H3,19,20). The maximum Gasteiger partial charge on any atom is 0.393 e. The van der Waals surface area contributed by atoms with Crippen LogP contribution in [0.4, 0.5) is 27.6 Å². The van der Waals surface area contributed by atoms with Crippen LogP contribution in [0.2, 0.25) is 0 Å².